The summed E-state index contributed by atoms with van der Waals surface area (Å²) in [5.74, 6) is 1.95. The number of methoxy groups -OCH3 is 1. The molecule has 2 nitrogen and oxygen atoms in total. The van der Waals surface area contributed by atoms with Gasteiger partial charge in [0.1, 0.15) is 5.75 Å². The quantitative estimate of drug-likeness (QED) is 0.832. The van der Waals surface area contributed by atoms with Crippen LogP contribution in [0.4, 0.5) is 0 Å². The van der Waals surface area contributed by atoms with Crippen molar-refractivity contribution in [1.82, 2.24) is 5.32 Å². The second kappa shape index (κ2) is 5.55. The van der Waals surface area contributed by atoms with Gasteiger partial charge in [0, 0.05) is 24.0 Å². The van der Waals surface area contributed by atoms with Crippen molar-refractivity contribution < 1.29 is 4.74 Å². The van der Waals surface area contributed by atoms with E-state index in [1.807, 2.05) is 23.9 Å². The van der Waals surface area contributed by atoms with Crippen LogP contribution in [0.1, 0.15) is 12.0 Å². The Hall–Kier alpha value is -0.740. The van der Waals surface area contributed by atoms with Crippen molar-refractivity contribution in [3.63, 3.8) is 0 Å². The van der Waals surface area contributed by atoms with E-state index in [2.05, 4.69) is 17.4 Å². The number of rotatable bonds is 4. The van der Waals surface area contributed by atoms with Gasteiger partial charge in [-0.05, 0) is 17.7 Å². The number of ether oxygens (including phenoxy) is 1. The molecule has 1 aromatic rings. The molecule has 0 aromatic heterocycles. The SMILES string of the molecule is COc1ccc(CS[C@@H]2CNC(=S)C2)cc1. The zero-order valence-corrected chi connectivity index (χ0v) is 10.9. The van der Waals surface area contributed by atoms with Gasteiger partial charge in [-0.2, -0.15) is 11.8 Å². The van der Waals surface area contributed by atoms with E-state index < -0.39 is 0 Å². The minimum Gasteiger partial charge on any atom is -0.497 e. The van der Waals surface area contributed by atoms with Crippen LogP contribution in [-0.2, 0) is 5.75 Å². The third-order valence-electron chi connectivity index (χ3n) is 2.58. The molecule has 0 amide bonds. The molecule has 1 fully saturated rings. The molecule has 16 heavy (non-hydrogen) atoms. The van der Waals surface area contributed by atoms with Crippen molar-refractivity contribution in [1.29, 1.82) is 0 Å². The molecule has 1 aromatic carbocycles. The maximum atomic E-state index is 5.13. The van der Waals surface area contributed by atoms with E-state index in [0.29, 0.717) is 5.25 Å². The molecule has 0 bridgehead atoms. The Balaban J connectivity index is 1.82. The Morgan fingerprint density at radius 2 is 2.19 bits per heavy atom. The standard InChI is InChI=1S/C12H15NOS2/c1-14-10-4-2-9(3-5-10)8-16-11-6-12(15)13-7-11/h2-5,11H,6-8H2,1H3,(H,13,15)/t11-/m0/s1. The van der Waals surface area contributed by atoms with Crippen molar-refractivity contribution in [3.8, 4) is 5.75 Å². The van der Waals surface area contributed by atoms with Gasteiger partial charge in [-0.15, -0.1) is 0 Å². The van der Waals surface area contributed by atoms with Crippen LogP contribution in [0.2, 0.25) is 0 Å². The van der Waals surface area contributed by atoms with E-state index in [1.165, 1.54) is 5.56 Å². The first-order chi connectivity index (χ1) is 7.78. The minimum atomic E-state index is 0.634. The Kier molecular flexibility index (Phi) is 4.07. The second-order valence-corrected chi connectivity index (χ2v) is 5.57. The van der Waals surface area contributed by atoms with Gasteiger partial charge < -0.3 is 10.1 Å². The van der Waals surface area contributed by atoms with Gasteiger partial charge in [-0.3, -0.25) is 0 Å². The molecule has 1 saturated heterocycles. The topological polar surface area (TPSA) is 21.3 Å². The second-order valence-electron chi connectivity index (χ2n) is 3.79. The van der Waals surface area contributed by atoms with Gasteiger partial charge in [0.2, 0.25) is 0 Å². The van der Waals surface area contributed by atoms with Crippen LogP contribution in [0.25, 0.3) is 0 Å². The molecule has 2 rings (SSSR count). The molecule has 86 valence electrons. The highest BCUT2D eigenvalue weighted by Gasteiger charge is 2.18. The van der Waals surface area contributed by atoms with Crippen LogP contribution in [0.3, 0.4) is 0 Å². The van der Waals surface area contributed by atoms with Crippen molar-refractivity contribution in [2.45, 2.75) is 17.4 Å². The lowest BCUT2D eigenvalue weighted by Crippen LogP contribution is -2.13. The van der Waals surface area contributed by atoms with Crippen molar-refractivity contribution >= 4 is 29.0 Å². The number of nitrogens with one attached hydrogen (secondary N) is 1. The lowest BCUT2D eigenvalue weighted by Gasteiger charge is -2.07. The average Bonchev–Trinajstić information content (AvgIpc) is 2.73. The molecule has 1 aliphatic rings. The molecule has 1 N–H and O–H groups in total. The van der Waals surface area contributed by atoms with Crippen molar-refractivity contribution in [2.75, 3.05) is 13.7 Å². The summed E-state index contributed by atoms with van der Waals surface area (Å²) in [6.07, 6.45) is 1.02. The van der Waals surface area contributed by atoms with E-state index in [0.717, 1.165) is 29.5 Å². The van der Waals surface area contributed by atoms with Gasteiger partial charge in [-0.25, -0.2) is 0 Å². The molecule has 0 unspecified atom stereocenters. The fourth-order valence-electron chi connectivity index (χ4n) is 1.63. The largest absolute Gasteiger partial charge is 0.497 e. The number of hydrogen-bond acceptors (Lipinski definition) is 3. The van der Waals surface area contributed by atoms with Crippen LogP contribution in [-0.4, -0.2) is 23.9 Å². The third-order valence-corrected chi connectivity index (χ3v) is 4.20. The Morgan fingerprint density at radius 3 is 2.75 bits per heavy atom. The molecule has 0 radical (unpaired) electrons. The fraction of sp³-hybridized carbons (Fsp3) is 0.417. The van der Waals surface area contributed by atoms with Crippen LogP contribution < -0.4 is 10.1 Å². The molecule has 0 spiro atoms. The summed E-state index contributed by atoms with van der Waals surface area (Å²) >= 11 is 7.08. The first kappa shape index (κ1) is 11.7. The van der Waals surface area contributed by atoms with E-state index >= 15 is 0 Å². The van der Waals surface area contributed by atoms with E-state index in [1.54, 1.807) is 7.11 Å². The molecular weight excluding hydrogens is 238 g/mol. The number of benzene rings is 1. The third kappa shape index (κ3) is 3.12. The van der Waals surface area contributed by atoms with Gasteiger partial charge >= 0.3 is 0 Å². The van der Waals surface area contributed by atoms with Gasteiger partial charge in [0.25, 0.3) is 0 Å². The summed E-state index contributed by atoms with van der Waals surface area (Å²) in [6.45, 7) is 1.01. The van der Waals surface area contributed by atoms with E-state index in [4.69, 9.17) is 17.0 Å². The summed E-state index contributed by atoms with van der Waals surface area (Å²) in [6, 6.07) is 8.25. The van der Waals surface area contributed by atoms with Crippen molar-refractivity contribution in [2.24, 2.45) is 0 Å². The average molecular weight is 253 g/mol. The summed E-state index contributed by atoms with van der Waals surface area (Å²) in [5, 5.41) is 3.85. The highest BCUT2D eigenvalue weighted by Crippen LogP contribution is 2.24. The molecule has 4 heteroatoms. The maximum absolute atomic E-state index is 5.13. The summed E-state index contributed by atoms with van der Waals surface area (Å²) in [5.41, 5.74) is 1.34. The minimum absolute atomic E-state index is 0.634. The zero-order chi connectivity index (χ0) is 11.4. The molecule has 1 aliphatic heterocycles. The highest BCUT2D eigenvalue weighted by atomic mass is 32.2. The summed E-state index contributed by atoms with van der Waals surface area (Å²) in [4.78, 5) is 1.01. The van der Waals surface area contributed by atoms with Crippen molar-refractivity contribution in [3.05, 3.63) is 29.8 Å². The predicted molar refractivity (Wildman–Crippen MR) is 73.3 cm³/mol. The Bertz CT molecular complexity index is 364. The number of thioether (sulfide) groups is 1. The van der Waals surface area contributed by atoms with Gasteiger partial charge in [0.05, 0.1) is 12.1 Å². The van der Waals surface area contributed by atoms with E-state index in [9.17, 15) is 0 Å². The lowest BCUT2D eigenvalue weighted by atomic mass is 10.2. The Labute approximate surface area is 106 Å². The molecule has 1 heterocycles. The molecule has 0 aliphatic carbocycles. The van der Waals surface area contributed by atoms with Crippen LogP contribution in [0, 0.1) is 0 Å². The van der Waals surface area contributed by atoms with Gasteiger partial charge in [0.15, 0.2) is 0 Å². The number of thiocarbonyl (C=S) groups is 1. The maximum Gasteiger partial charge on any atom is 0.118 e. The predicted octanol–water partition coefficient (Wildman–Crippen LogP) is 2.62. The van der Waals surface area contributed by atoms with Crippen LogP contribution in [0.15, 0.2) is 24.3 Å². The fourth-order valence-corrected chi connectivity index (χ4v) is 3.13. The summed E-state index contributed by atoms with van der Waals surface area (Å²) < 4.78 is 5.13. The van der Waals surface area contributed by atoms with Gasteiger partial charge in [-0.1, -0.05) is 24.4 Å². The van der Waals surface area contributed by atoms with E-state index in [-0.39, 0.29) is 0 Å². The normalized spacial score (nSPS) is 19.6. The Morgan fingerprint density at radius 1 is 1.44 bits per heavy atom. The molecule has 1 atom stereocenters. The smallest absolute Gasteiger partial charge is 0.118 e. The zero-order valence-electron chi connectivity index (χ0n) is 9.23. The lowest BCUT2D eigenvalue weighted by molar-refractivity contribution is 0.414. The highest BCUT2D eigenvalue weighted by molar-refractivity contribution is 7.99. The van der Waals surface area contributed by atoms with Crippen LogP contribution >= 0.6 is 24.0 Å². The monoisotopic (exact) mass is 253 g/mol. The number of hydrogen-bond donors (Lipinski definition) is 1. The first-order valence-electron chi connectivity index (χ1n) is 5.29. The first-order valence-corrected chi connectivity index (χ1v) is 6.75. The molecular formula is C12H15NOS2. The van der Waals surface area contributed by atoms with Crippen LogP contribution in [0.5, 0.6) is 5.75 Å². The summed E-state index contributed by atoms with van der Waals surface area (Å²) in [7, 11) is 1.69. The molecule has 0 saturated carbocycles.